The van der Waals surface area contributed by atoms with Gasteiger partial charge in [0.25, 0.3) is 5.91 Å². The Kier molecular flexibility index (Phi) is 7.36. The van der Waals surface area contributed by atoms with Crippen LogP contribution in [0.15, 0.2) is 60.9 Å². The fourth-order valence-corrected chi connectivity index (χ4v) is 3.98. The van der Waals surface area contributed by atoms with E-state index in [9.17, 15) is 9.18 Å². The first-order valence-electron chi connectivity index (χ1n) is 10.2. The summed E-state index contributed by atoms with van der Waals surface area (Å²) in [6.45, 7) is -0.0547. The molecule has 2 aromatic carbocycles. The second kappa shape index (κ2) is 10.6. The molecule has 0 spiro atoms. The van der Waals surface area contributed by atoms with Crippen LogP contribution in [0, 0.1) is 20.7 Å². The van der Waals surface area contributed by atoms with Gasteiger partial charge in [-0.15, -0.1) is 0 Å². The summed E-state index contributed by atoms with van der Waals surface area (Å²) in [7, 11) is 0. The molecule has 0 unspecified atom stereocenters. The van der Waals surface area contributed by atoms with E-state index in [1.807, 2.05) is 22.6 Å². The SMILES string of the molecule is N#Cc1ccc(Cn2c(C(=O)NOCCO)c(Nc3ccc(I)cc3F)c3cnccc32)cc1. The number of nitrogens with zero attached hydrogens (tertiary/aromatic N) is 3. The normalized spacial score (nSPS) is 10.8. The minimum atomic E-state index is -0.577. The Balaban J connectivity index is 1.85. The summed E-state index contributed by atoms with van der Waals surface area (Å²) in [5.74, 6) is -1.04. The third-order valence-electron chi connectivity index (χ3n) is 5.05. The highest BCUT2D eigenvalue weighted by Crippen LogP contribution is 2.34. The molecule has 8 nitrogen and oxygen atoms in total. The Bertz CT molecular complexity index is 1380. The first kappa shape index (κ1) is 23.6. The number of aliphatic hydroxyl groups is 1. The zero-order valence-electron chi connectivity index (χ0n) is 17.8. The number of aliphatic hydroxyl groups excluding tert-OH is 1. The number of halogens is 2. The number of hydrogen-bond donors (Lipinski definition) is 3. The molecule has 3 N–H and O–H groups in total. The summed E-state index contributed by atoms with van der Waals surface area (Å²) in [4.78, 5) is 22.5. The van der Waals surface area contributed by atoms with E-state index in [4.69, 9.17) is 15.2 Å². The molecule has 172 valence electrons. The average molecular weight is 571 g/mol. The van der Waals surface area contributed by atoms with Gasteiger partial charge in [0.05, 0.1) is 41.7 Å². The van der Waals surface area contributed by atoms with Gasteiger partial charge in [-0.2, -0.15) is 5.26 Å². The molecule has 34 heavy (non-hydrogen) atoms. The fraction of sp³-hybridized carbons (Fsp3) is 0.125. The standard InChI is InChI=1S/C24H19FIN5O3/c25-19-11-17(26)5-6-20(19)29-22-18-13-28-8-7-21(18)31(23(22)24(33)30-34-10-9-32)14-16-3-1-15(12-27)2-4-16/h1-8,11,13,29,32H,9-10,14H2,(H,30,33). The summed E-state index contributed by atoms with van der Waals surface area (Å²) >= 11 is 2.02. The number of nitrogens with one attached hydrogen (secondary N) is 2. The number of carbonyl (C=O) groups is 1. The van der Waals surface area contributed by atoms with E-state index in [2.05, 4.69) is 21.9 Å². The van der Waals surface area contributed by atoms with Crippen molar-refractivity contribution in [3.63, 3.8) is 0 Å². The maximum Gasteiger partial charge on any atom is 0.293 e. The zero-order valence-corrected chi connectivity index (χ0v) is 19.9. The van der Waals surface area contributed by atoms with Gasteiger partial charge in [-0.25, -0.2) is 9.87 Å². The molecule has 2 aromatic heterocycles. The van der Waals surface area contributed by atoms with Crippen molar-refractivity contribution in [3.05, 3.63) is 87.1 Å². The molecule has 4 rings (SSSR count). The van der Waals surface area contributed by atoms with E-state index in [1.165, 1.54) is 6.07 Å². The van der Waals surface area contributed by atoms with Crippen LogP contribution in [0.4, 0.5) is 15.8 Å². The number of pyridine rings is 1. The van der Waals surface area contributed by atoms with Gasteiger partial charge in [0.2, 0.25) is 0 Å². The van der Waals surface area contributed by atoms with Crippen LogP contribution in [-0.2, 0) is 11.4 Å². The highest BCUT2D eigenvalue weighted by molar-refractivity contribution is 14.1. The molecular weight excluding hydrogens is 552 g/mol. The Morgan fingerprint density at radius 3 is 2.74 bits per heavy atom. The van der Waals surface area contributed by atoms with Crippen LogP contribution in [0.1, 0.15) is 21.6 Å². The molecule has 0 atom stereocenters. The Hall–Kier alpha value is -3.53. The van der Waals surface area contributed by atoms with Crippen LogP contribution in [0.2, 0.25) is 0 Å². The van der Waals surface area contributed by atoms with Gasteiger partial charge in [-0.1, -0.05) is 12.1 Å². The topological polar surface area (TPSA) is 112 Å². The molecule has 2 heterocycles. The predicted octanol–water partition coefficient (Wildman–Crippen LogP) is 4.10. The predicted molar refractivity (Wildman–Crippen MR) is 133 cm³/mol. The quantitative estimate of drug-likeness (QED) is 0.167. The van der Waals surface area contributed by atoms with Crippen LogP contribution in [0.5, 0.6) is 0 Å². The molecule has 0 aliphatic rings. The van der Waals surface area contributed by atoms with Crippen molar-refractivity contribution in [2.24, 2.45) is 0 Å². The van der Waals surface area contributed by atoms with Gasteiger partial charge < -0.3 is 15.0 Å². The third kappa shape index (κ3) is 5.01. The van der Waals surface area contributed by atoms with E-state index >= 15 is 0 Å². The molecule has 0 radical (unpaired) electrons. The van der Waals surface area contributed by atoms with Crippen LogP contribution in [-0.4, -0.2) is 33.8 Å². The number of anilines is 2. The Morgan fingerprint density at radius 2 is 2.03 bits per heavy atom. The summed E-state index contributed by atoms with van der Waals surface area (Å²) < 4.78 is 17.2. The van der Waals surface area contributed by atoms with Crippen molar-refractivity contribution in [1.29, 1.82) is 5.26 Å². The van der Waals surface area contributed by atoms with Gasteiger partial charge in [-0.3, -0.25) is 14.6 Å². The van der Waals surface area contributed by atoms with Gasteiger partial charge in [0, 0.05) is 27.9 Å². The molecule has 0 saturated heterocycles. The third-order valence-corrected chi connectivity index (χ3v) is 5.72. The largest absolute Gasteiger partial charge is 0.394 e. The number of amides is 1. The number of fused-ring (bicyclic) bond motifs is 1. The number of hydrogen-bond acceptors (Lipinski definition) is 6. The van der Waals surface area contributed by atoms with Gasteiger partial charge in [-0.05, 0) is 64.6 Å². The molecule has 1 amide bonds. The highest BCUT2D eigenvalue weighted by Gasteiger charge is 2.24. The molecule has 4 aromatic rings. The van der Waals surface area contributed by atoms with Crippen molar-refractivity contribution < 1.29 is 19.1 Å². The molecular formula is C24H19FIN5O3. The summed E-state index contributed by atoms with van der Waals surface area (Å²) in [6.07, 6.45) is 3.21. The number of hydroxylamine groups is 1. The maximum atomic E-state index is 14.7. The lowest BCUT2D eigenvalue weighted by Crippen LogP contribution is -2.28. The fourth-order valence-electron chi connectivity index (χ4n) is 3.53. The average Bonchev–Trinajstić information content (AvgIpc) is 3.14. The number of carbonyl (C=O) groups excluding carboxylic acids is 1. The molecule has 0 aliphatic carbocycles. The lowest BCUT2D eigenvalue weighted by atomic mass is 10.1. The second-order valence-corrected chi connectivity index (χ2v) is 8.51. The maximum absolute atomic E-state index is 14.7. The molecule has 10 heteroatoms. The lowest BCUT2D eigenvalue weighted by Gasteiger charge is -2.14. The highest BCUT2D eigenvalue weighted by atomic mass is 127. The minimum absolute atomic E-state index is 0.0857. The number of rotatable bonds is 8. The van der Waals surface area contributed by atoms with E-state index < -0.39 is 11.7 Å². The van der Waals surface area contributed by atoms with Crippen LogP contribution < -0.4 is 10.8 Å². The molecule has 0 aliphatic heterocycles. The van der Waals surface area contributed by atoms with E-state index in [1.54, 1.807) is 59.4 Å². The molecule has 0 bridgehead atoms. The summed E-state index contributed by atoms with van der Waals surface area (Å²) in [5, 5.41) is 21.7. The number of benzene rings is 2. The van der Waals surface area contributed by atoms with Crippen molar-refractivity contribution in [2.45, 2.75) is 6.54 Å². The van der Waals surface area contributed by atoms with Crippen molar-refractivity contribution in [3.8, 4) is 6.07 Å². The molecule has 0 saturated carbocycles. The monoisotopic (exact) mass is 571 g/mol. The van der Waals surface area contributed by atoms with Gasteiger partial charge in [0.1, 0.15) is 11.5 Å². The van der Waals surface area contributed by atoms with Gasteiger partial charge in [0.15, 0.2) is 0 Å². The molecule has 0 fully saturated rings. The van der Waals surface area contributed by atoms with Crippen LogP contribution in [0.25, 0.3) is 10.9 Å². The summed E-state index contributed by atoms with van der Waals surface area (Å²) in [5.41, 5.74) is 5.17. The zero-order chi connectivity index (χ0) is 24.1. The van der Waals surface area contributed by atoms with Crippen LogP contribution >= 0.6 is 22.6 Å². The van der Waals surface area contributed by atoms with E-state index in [0.717, 1.165) is 9.13 Å². The first-order chi connectivity index (χ1) is 16.5. The smallest absolute Gasteiger partial charge is 0.293 e. The van der Waals surface area contributed by atoms with Gasteiger partial charge >= 0.3 is 0 Å². The van der Waals surface area contributed by atoms with Crippen molar-refractivity contribution in [1.82, 2.24) is 15.0 Å². The Morgan fingerprint density at radius 1 is 1.24 bits per heavy atom. The summed E-state index contributed by atoms with van der Waals surface area (Å²) in [6, 6.07) is 15.6. The van der Waals surface area contributed by atoms with E-state index in [-0.39, 0.29) is 24.6 Å². The van der Waals surface area contributed by atoms with Crippen LogP contribution in [0.3, 0.4) is 0 Å². The van der Waals surface area contributed by atoms with Crippen molar-refractivity contribution in [2.75, 3.05) is 18.5 Å². The lowest BCUT2D eigenvalue weighted by molar-refractivity contribution is 0.0163. The van der Waals surface area contributed by atoms with E-state index in [0.29, 0.717) is 28.7 Å². The van der Waals surface area contributed by atoms with Crippen molar-refractivity contribution >= 4 is 50.8 Å². The number of nitriles is 1. The Labute approximate surface area is 208 Å². The second-order valence-electron chi connectivity index (χ2n) is 7.26. The first-order valence-corrected chi connectivity index (χ1v) is 11.3. The minimum Gasteiger partial charge on any atom is -0.394 e. The number of aromatic nitrogens is 2.